The lowest BCUT2D eigenvalue weighted by Crippen LogP contribution is -2.42. The molecule has 3 nitrogen and oxygen atoms in total. The number of furan rings is 1. The van der Waals surface area contributed by atoms with Crippen molar-refractivity contribution in [1.82, 2.24) is 5.32 Å². The van der Waals surface area contributed by atoms with Crippen LogP contribution in [0.4, 0.5) is 0 Å². The van der Waals surface area contributed by atoms with Gasteiger partial charge in [0.25, 0.3) is 0 Å². The number of methoxy groups -OCH3 is 1. The molecule has 1 aliphatic rings. The first-order valence-electron chi connectivity index (χ1n) is 7.39. The summed E-state index contributed by atoms with van der Waals surface area (Å²) < 4.78 is 11.8. The second-order valence-corrected chi connectivity index (χ2v) is 5.93. The van der Waals surface area contributed by atoms with E-state index in [2.05, 4.69) is 36.5 Å². The zero-order valence-corrected chi connectivity index (χ0v) is 12.5. The van der Waals surface area contributed by atoms with Crippen LogP contribution in [-0.2, 0) is 4.74 Å². The number of hydrogen-bond donors (Lipinski definition) is 1. The van der Waals surface area contributed by atoms with Gasteiger partial charge < -0.3 is 14.5 Å². The number of aryl methyl sites for hydroxylation is 1. The average Bonchev–Trinajstić information content (AvgIpc) is 2.84. The Balaban J connectivity index is 1.89. The monoisotopic (exact) mass is 273 g/mol. The summed E-state index contributed by atoms with van der Waals surface area (Å²) in [5.74, 6) is 1.01. The van der Waals surface area contributed by atoms with Crippen molar-refractivity contribution in [2.45, 2.75) is 44.2 Å². The van der Waals surface area contributed by atoms with Crippen LogP contribution in [0.2, 0.25) is 0 Å². The highest BCUT2D eigenvalue weighted by Gasteiger charge is 2.39. The lowest BCUT2D eigenvalue weighted by molar-refractivity contribution is -0.0844. The Morgan fingerprint density at radius 3 is 2.75 bits per heavy atom. The highest BCUT2D eigenvalue weighted by molar-refractivity contribution is 5.81. The van der Waals surface area contributed by atoms with Gasteiger partial charge in [0.1, 0.15) is 11.3 Å². The molecule has 1 aromatic heterocycles. The van der Waals surface area contributed by atoms with Gasteiger partial charge >= 0.3 is 0 Å². The van der Waals surface area contributed by atoms with E-state index >= 15 is 0 Å². The van der Waals surface area contributed by atoms with E-state index in [0.29, 0.717) is 0 Å². The molecule has 1 aliphatic carbocycles. The van der Waals surface area contributed by atoms with Gasteiger partial charge in [-0.25, -0.2) is 0 Å². The number of fused-ring (bicyclic) bond motifs is 1. The first-order valence-corrected chi connectivity index (χ1v) is 7.39. The zero-order valence-electron chi connectivity index (χ0n) is 12.5. The molecule has 1 N–H and O–H groups in total. The van der Waals surface area contributed by atoms with Crippen LogP contribution in [0, 0.1) is 6.92 Å². The Hall–Kier alpha value is -1.32. The van der Waals surface area contributed by atoms with Crippen LogP contribution in [0.1, 0.15) is 43.0 Å². The molecule has 1 atom stereocenters. The van der Waals surface area contributed by atoms with Crippen molar-refractivity contribution >= 4 is 11.0 Å². The number of para-hydroxylation sites is 1. The van der Waals surface area contributed by atoms with Crippen molar-refractivity contribution in [3.05, 3.63) is 35.6 Å². The smallest absolute Gasteiger partial charge is 0.137 e. The Morgan fingerprint density at radius 1 is 1.40 bits per heavy atom. The standard InChI is InChI=1S/C17H23NO2/c1-12-6-4-7-13-10-15(20-16(12)13)14(18-2)11-17(19-3)8-5-9-17/h4,6-7,10,14,18H,5,8-9,11H2,1-3H3. The second-order valence-electron chi connectivity index (χ2n) is 5.93. The first kappa shape index (κ1) is 13.7. The summed E-state index contributed by atoms with van der Waals surface area (Å²) in [5, 5.41) is 4.56. The minimum absolute atomic E-state index is 0.0433. The minimum Gasteiger partial charge on any atom is -0.459 e. The van der Waals surface area contributed by atoms with Gasteiger partial charge in [-0.2, -0.15) is 0 Å². The fraction of sp³-hybridized carbons (Fsp3) is 0.529. The van der Waals surface area contributed by atoms with Gasteiger partial charge in [-0.3, -0.25) is 0 Å². The third-order valence-electron chi connectivity index (χ3n) is 4.73. The summed E-state index contributed by atoms with van der Waals surface area (Å²) in [6, 6.07) is 8.64. The van der Waals surface area contributed by atoms with E-state index in [-0.39, 0.29) is 11.6 Å². The van der Waals surface area contributed by atoms with Gasteiger partial charge in [-0.1, -0.05) is 18.2 Å². The maximum absolute atomic E-state index is 6.09. The molecule has 1 heterocycles. The van der Waals surface area contributed by atoms with Gasteiger partial charge in [0.15, 0.2) is 0 Å². The molecule has 0 bridgehead atoms. The summed E-state index contributed by atoms with van der Waals surface area (Å²) >= 11 is 0. The Bertz CT molecular complexity index is 593. The number of rotatable bonds is 5. The lowest BCUT2D eigenvalue weighted by atomic mass is 9.75. The maximum atomic E-state index is 6.09. The van der Waals surface area contributed by atoms with Crippen molar-refractivity contribution in [2.75, 3.05) is 14.2 Å². The molecule has 3 heteroatoms. The van der Waals surface area contributed by atoms with E-state index in [1.165, 1.54) is 17.4 Å². The molecule has 0 aliphatic heterocycles. The van der Waals surface area contributed by atoms with Gasteiger partial charge in [-0.05, 0) is 51.3 Å². The summed E-state index contributed by atoms with van der Waals surface area (Å²) in [6.07, 6.45) is 4.55. The predicted molar refractivity (Wildman–Crippen MR) is 81.0 cm³/mol. The van der Waals surface area contributed by atoms with Crippen LogP contribution < -0.4 is 5.32 Å². The Morgan fingerprint density at radius 2 is 2.20 bits per heavy atom. The number of hydrogen-bond acceptors (Lipinski definition) is 3. The zero-order chi connectivity index (χ0) is 14.2. The van der Waals surface area contributed by atoms with E-state index in [9.17, 15) is 0 Å². The third kappa shape index (κ3) is 2.25. The lowest BCUT2D eigenvalue weighted by Gasteiger charge is -2.42. The summed E-state index contributed by atoms with van der Waals surface area (Å²) in [6.45, 7) is 2.09. The highest BCUT2D eigenvalue weighted by atomic mass is 16.5. The fourth-order valence-electron chi connectivity index (χ4n) is 3.18. The summed E-state index contributed by atoms with van der Waals surface area (Å²) in [5.41, 5.74) is 2.23. The molecule has 20 heavy (non-hydrogen) atoms. The molecule has 0 saturated heterocycles. The van der Waals surface area contributed by atoms with Crippen LogP contribution >= 0.6 is 0 Å². The summed E-state index contributed by atoms with van der Waals surface area (Å²) in [7, 11) is 3.82. The largest absolute Gasteiger partial charge is 0.459 e. The maximum Gasteiger partial charge on any atom is 0.137 e. The number of benzene rings is 1. The SMILES string of the molecule is CNC(CC1(OC)CCC1)c1cc2cccc(C)c2o1. The molecule has 1 unspecified atom stereocenters. The topological polar surface area (TPSA) is 34.4 Å². The predicted octanol–water partition coefficient (Wildman–Crippen LogP) is 3.96. The molecule has 0 amide bonds. The van der Waals surface area contributed by atoms with Crippen LogP contribution in [0.25, 0.3) is 11.0 Å². The summed E-state index contributed by atoms with van der Waals surface area (Å²) in [4.78, 5) is 0. The molecular weight excluding hydrogens is 250 g/mol. The van der Waals surface area contributed by atoms with Crippen molar-refractivity contribution in [1.29, 1.82) is 0 Å². The molecule has 2 aromatic rings. The number of ether oxygens (including phenoxy) is 1. The Labute approximate surface area is 120 Å². The van der Waals surface area contributed by atoms with E-state index in [1.807, 2.05) is 14.2 Å². The van der Waals surface area contributed by atoms with E-state index < -0.39 is 0 Å². The van der Waals surface area contributed by atoms with Crippen LogP contribution in [-0.4, -0.2) is 19.8 Å². The second kappa shape index (κ2) is 5.23. The quantitative estimate of drug-likeness (QED) is 0.895. The molecule has 1 saturated carbocycles. The molecule has 3 rings (SSSR count). The van der Waals surface area contributed by atoms with Crippen molar-refractivity contribution in [3.8, 4) is 0 Å². The fourth-order valence-corrected chi connectivity index (χ4v) is 3.18. The minimum atomic E-state index is 0.0433. The van der Waals surface area contributed by atoms with Gasteiger partial charge in [0.05, 0.1) is 11.6 Å². The molecule has 0 spiro atoms. The van der Waals surface area contributed by atoms with E-state index in [4.69, 9.17) is 9.15 Å². The molecule has 1 fully saturated rings. The van der Waals surface area contributed by atoms with Gasteiger partial charge in [0, 0.05) is 12.5 Å². The Kier molecular flexibility index (Phi) is 3.57. The van der Waals surface area contributed by atoms with Gasteiger partial charge in [-0.15, -0.1) is 0 Å². The normalized spacial score (nSPS) is 18.9. The molecular formula is C17H23NO2. The molecule has 1 aromatic carbocycles. The van der Waals surface area contributed by atoms with Crippen LogP contribution in [0.15, 0.2) is 28.7 Å². The van der Waals surface area contributed by atoms with Crippen LogP contribution in [0.5, 0.6) is 0 Å². The van der Waals surface area contributed by atoms with Crippen LogP contribution in [0.3, 0.4) is 0 Å². The van der Waals surface area contributed by atoms with Gasteiger partial charge in [0.2, 0.25) is 0 Å². The van der Waals surface area contributed by atoms with E-state index in [0.717, 1.165) is 30.6 Å². The average molecular weight is 273 g/mol. The molecule has 0 radical (unpaired) electrons. The molecule has 108 valence electrons. The number of nitrogens with one attached hydrogen (secondary N) is 1. The first-order chi connectivity index (χ1) is 9.67. The van der Waals surface area contributed by atoms with Crippen molar-refractivity contribution < 1.29 is 9.15 Å². The van der Waals surface area contributed by atoms with Crippen molar-refractivity contribution in [3.63, 3.8) is 0 Å². The third-order valence-corrected chi connectivity index (χ3v) is 4.73. The van der Waals surface area contributed by atoms with E-state index in [1.54, 1.807) is 0 Å². The highest BCUT2D eigenvalue weighted by Crippen LogP contribution is 2.42. The van der Waals surface area contributed by atoms with Crippen molar-refractivity contribution in [2.24, 2.45) is 0 Å².